The van der Waals surface area contributed by atoms with Gasteiger partial charge in [-0.1, -0.05) is 0 Å². The van der Waals surface area contributed by atoms with E-state index in [-0.39, 0.29) is 22.3 Å². The van der Waals surface area contributed by atoms with Crippen molar-refractivity contribution in [1.82, 2.24) is 0 Å². The van der Waals surface area contributed by atoms with E-state index in [1.165, 1.54) is 0 Å². The third-order valence-electron chi connectivity index (χ3n) is 8.39. The van der Waals surface area contributed by atoms with Crippen LogP contribution in [0.25, 0.3) is 23.3 Å². The maximum atomic E-state index is 12.5. The number of aliphatic hydroxyl groups excluding tert-OH is 4. The molecule has 0 spiro atoms. The molecule has 2 aromatic carbocycles. The van der Waals surface area contributed by atoms with E-state index in [1.807, 2.05) is 0 Å². The molecule has 2 saturated carbocycles. The standard InChI is InChI=1S/C32H34O18/c33-17-7-13(1-3-23(37)49-21-11-31(47,29(43)44)9-19(35)27(21)41)5-15(25(17)39)16-6-14(8-18(34)26(16)40)2-4-24(38)50-22-12-32(48,30(45)46)10-20(36)28(22)42/h1-8,19-22,27-28,33-36,39-42,47-48H,9-12H2,(H,43,44)(H,45,46)/b3-1+,4-2+/t19-,20-,21-,22-,27-,28-,31+,32+/m1/s1. The van der Waals surface area contributed by atoms with Crippen LogP contribution in [0.4, 0.5) is 0 Å². The minimum absolute atomic E-state index is 0.00326. The van der Waals surface area contributed by atoms with E-state index >= 15 is 0 Å². The van der Waals surface area contributed by atoms with Gasteiger partial charge < -0.3 is 70.8 Å². The lowest BCUT2D eigenvalue weighted by molar-refractivity contribution is -0.196. The van der Waals surface area contributed by atoms with Crippen molar-refractivity contribution in [1.29, 1.82) is 0 Å². The molecule has 8 atom stereocenters. The van der Waals surface area contributed by atoms with Crippen LogP contribution in [-0.2, 0) is 28.7 Å². The second-order valence-corrected chi connectivity index (χ2v) is 12.1. The molecule has 2 fully saturated rings. The van der Waals surface area contributed by atoms with Gasteiger partial charge in [0.05, 0.1) is 12.2 Å². The fourth-order valence-corrected chi connectivity index (χ4v) is 5.67. The fourth-order valence-electron chi connectivity index (χ4n) is 5.67. The van der Waals surface area contributed by atoms with E-state index in [0.29, 0.717) is 0 Å². The van der Waals surface area contributed by atoms with Crippen molar-refractivity contribution >= 4 is 36.0 Å². The summed E-state index contributed by atoms with van der Waals surface area (Å²) in [5.41, 5.74) is -5.55. The van der Waals surface area contributed by atoms with Gasteiger partial charge in [0, 0.05) is 49.0 Å². The third kappa shape index (κ3) is 7.96. The van der Waals surface area contributed by atoms with Crippen LogP contribution in [0.2, 0.25) is 0 Å². The maximum absolute atomic E-state index is 12.5. The summed E-state index contributed by atoms with van der Waals surface area (Å²) in [6.07, 6.45) is -9.27. The number of ether oxygens (including phenoxy) is 2. The van der Waals surface area contributed by atoms with Gasteiger partial charge in [-0.05, 0) is 47.5 Å². The Bertz CT molecular complexity index is 1610. The lowest BCUT2D eigenvalue weighted by atomic mass is 9.79. The van der Waals surface area contributed by atoms with Crippen molar-refractivity contribution in [2.24, 2.45) is 0 Å². The number of carboxylic acids is 2. The van der Waals surface area contributed by atoms with Crippen LogP contribution in [0, 0.1) is 0 Å². The lowest BCUT2D eigenvalue weighted by Crippen LogP contribution is -2.57. The van der Waals surface area contributed by atoms with Crippen molar-refractivity contribution < 1.29 is 89.9 Å². The molecule has 0 amide bonds. The first kappa shape index (κ1) is 37.6. The molecule has 12 N–H and O–H groups in total. The first-order valence-electron chi connectivity index (χ1n) is 14.8. The number of carbonyl (C=O) groups excluding carboxylic acids is 2. The predicted molar refractivity (Wildman–Crippen MR) is 164 cm³/mol. The Balaban J connectivity index is 1.54. The van der Waals surface area contributed by atoms with Crippen molar-refractivity contribution in [3.63, 3.8) is 0 Å². The molecule has 4 rings (SSSR count). The second kappa shape index (κ2) is 14.3. The van der Waals surface area contributed by atoms with Gasteiger partial charge in [-0.25, -0.2) is 19.2 Å². The fraction of sp³-hybridized carbons (Fsp3) is 0.375. The number of aromatic hydroxyl groups is 4. The zero-order chi connectivity index (χ0) is 37.3. The third-order valence-corrected chi connectivity index (χ3v) is 8.39. The molecule has 0 aliphatic heterocycles. The van der Waals surface area contributed by atoms with E-state index in [0.717, 1.165) is 48.6 Å². The molecule has 0 radical (unpaired) electrons. The largest absolute Gasteiger partial charge is 0.504 e. The Morgan fingerprint density at radius 2 is 0.940 bits per heavy atom. The van der Waals surface area contributed by atoms with E-state index in [9.17, 15) is 80.5 Å². The topological polar surface area (TPSA) is 330 Å². The number of aliphatic carboxylic acids is 2. The molecule has 2 aromatic rings. The predicted octanol–water partition coefficient (Wildman–Crippen LogP) is -1.31. The van der Waals surface area contributed by atoms with Crippen LogP contribution >= 0.6 is 0 Å². The first-order valence-corrected chi connectivity index (χ1v) is 14.8. The normalized spacial score (nSPS) is 29.9. The number of rotatable bonds is 9. The van der Waals surface area contributed by atoms with Gasteiger partial charge in [0.2, 0.25) is 0 Å². The number of esters is 2. The Morgan fingerprint density at radius 1 is 0.600 bits per heavy atom. The minimum Gasteiger partial charge on any atom is -0.504 e. The van der Waals surface area contributed by atoms with E-state index in [1.54, 1.807) is 0 Å². The zero-order valence-electron chi connectivity index (χ0n) is 25.7. The molecular formula is C32H34O18. The highest BCUT2D eigenvalue weighted by Gasteiger charge is 2.51. The Hall–Kier alpha value is -5.24. The van der Waals surface area contributed by atoms with Crippen molar-refractivity contribution in [3.8, 4) is 34.1 Å². The van der Waals surface area contributed by atoms with Crippen LogP contribution < -0.4 is 0 Å². The Kier molecular flexibility index (Phi) is 10.8. The van der Waals surface area contributed by atoms with Crippen LogP contribution in [-0.4, -0.2) is 133 Å². The number of hydrogen-bond acceptors (Lipinski definition) is 16. The van der Waals surface area contributed by atoms with E-state index in [2.05, 4.69) is 0 Å². The smallest absolute Gasteiger partial charge is 0.335 e. The summed E-state index contributed by atoms with van der Waals surface area (Å²) >= 11 is 0. The molecule has 270 valence electrons. The summed E-state index contributed by atoms with van der Waals surface area (Å²) in [6, 6.07) is 4.28. The van der Waals surface area contributed by atoms with Crippen LogP contribution in [0.15, 0.2) is 36.4 Å². The van der Waals surface area contributed by atoms with Gasteiger partial charge >= 0.3 is 23.9 Å². The maximum Gasteiger partial charge on any atom is 0.335 e. The summed E-state index contributed by atoms with van der Waals surface area (Å²) < 4.78 is 10.1. The number of carbonyl (C=O) groups is 4. The number of phenols is 4. The molecule has 0 bridgehead atoms. The average molecular weight is 707 g/mol. The minimum atomic E-state index is -2.47. The van der Waals surface area contributed by atoms with E-state index < -0.39 is 120 Å². The van der Waals surface area contributed by atoms with Gasteiger partial charge in [-0.3, -0.25) is 0 Å². The monoisotopic (exact) mass is 706 g/mol. The van der Waals surface area contributed by atoms with Crippen LogP contribution in [0.3, 0.4) is 0 Å². The summed E-state index contributed by atoms with van der Waals surface area (Å²) in [6.45, 7) is 0. The highest BCUT2D eigenvalue weighted by Crippen LogP contribution is 2.45. The van der Waals surface area contributed by atoms with Gasteiger partial charge in [0.25, 0.3) is 0 Å². The summed E-state index contributed by atoms with van der Waals surface area (Å²) in [5, 5.41) is 121. The molecule has 18 heteroatoms. The lowest BCUT2D eigenvalue weighted by Gasteiger charge is -2.39. The molecule has 2 aliphatic carbocycles. The molecule has 0 saturated heterocycles. The van der Waals surface area contributed by atoms with Crippen molar-refractivity contribution in [2.45, 2.75) is 73.5 Å². The molecule has 0 heterocycles. The number of carboxylic acid groups (broad SMARTS) is 2. The summed E-state index contributed by atoms with van der Waals surface area (Å²) in [7, 11) is 0. The van der Waals surface area contributed by atoms with Crippen molar-refractivity contribution in [3.05, 3.63) is 47.5 Å². The molecule has 0 unspecified atom stereocenters. The molecule has 50 heavy (non-hydrogen) atoms. The number of aliphatic hydroxyl groups is 6. The van der Waals surface area contributed by atoms with E-state index in [4.69, 9.17) is 9.47 Å². The molecule has 2 aliphatic rings. The van der Waals surface area contributed by atoms with Crippen molar-refractivity contribution in [2.75, 3.05) is 0 Å². The number of hydrogen-bond donors (Lipinski definition) is 12. The molecule has 18 nitrogen and oxygen atoms in total. The Morgan fingerprint density at radius 3 is 1.26 bits per heavy atom. The summed E-state index contributed by atoms with van der Waals surface area (Å²) in [5.74, 6) is -8.81. The number of benzene rings is 2. The van der Waals surface area contributed by atoms with Gasteiger partial charge in [-0.15, -0.1) is 0 Å². The van der Waals surface area contributed by atoms with Gasteiger partial charge in [0.15, 0.2) is 34.2 Å². The number of phenolic OH excluding ortho intramolecular Hbond substituents is 4. The van der Waals surface area contributed by atoms with Crippen LogP contribution in [0.1, 0.15) is 36.8 Å². The van der Waals surface area contributed by atoms with Gasteiger partial charge in [0.1, 0.15) is 24.4 Å². The van der Waals surface area contributed by atoms with Gasteiger partial charge in [-0.2, -0.15) is 0 Å². The molecular weight excluding hydrogens is 672 g/mol. The zero-order valence-corrected chi connectivity index (χ0v) is 25.7. The quantitative estimate of drug-likeness (QED) is 0.0818. The Labute approximate surface area is 281 Å². The highest BCUT2D eigenvalue weighted by molar-refractivity contribution is 5.91. The molecule has 0 aromatic heterocycles. The highest BCUT2D eigenvalue weighted by atomic mass is 16.6. The average Bonchev–Trinajstić information content (AvgIpc) is 3.03. The summed E-state index contributed by atoms with van der Waals surface area (Å²) in [4.78, 5) is 47.8. The SMILES string of the molecule is O=C(/C=C/c1cc(O)c(O)c(-c2cc(/C=C/C(=O)O[C@@H]3C[C@](O)(C(=O)O)C[C@@H](O)[C@H]3O)cc(O)c2O)c1)O[C@@H]1C[C@](O)(C(=O)O)C[C@@H](O)[C@H]1O. The van der Waals surface area contributed by atoms with Crippen LogP contribution in [0.5, 0.6) is 23.0 Å². The first-order chi connectivity index (χ1) is 23.2. The second-order valence-electron chi connectivity index (χ2n) is 12.1.